The van der Waals surface area contributed by atoms with Crippen LogP contribution in [0, 0.1) is 12.8 Å². The number of rotatable bonds is 6. The zero-order valence-corrected chi connectivity index (χ0v) is 17.3. The second-order valence-electron chi connectivity index (χ2n) is 5.74. The Bertz CT molecular complexity index is 751. The van der Waals surface area contributed by atoms with Crippen LogP contribution in [-0.2, 0) is 0 Å². The molecule has 2 aromatic rings. The molecule has 0 radical (unpaired) electrons. The number of aryl methyl sites for hydroxylation is 1. The first-order chi connectivity index (χ1) is 11.6. The van der Waals surface area contributed by atoms with Crippen molar-refractivity contribution in [3.8, 4) is 22.1 Å². The van der Waals surface area contributed by atoms with Crippen molar-refractivity contribution >= 4 is 42.1 Å². The molecular formula is C17H23Cl2N3O3S. The predicted octanol–water partition coefficient (Wildman–Crippen LogP) is 2.93. The Hall–Kier alpha value is -1.54. The van der Waals surface area contributed by atoms with Crippen molar-refractivity contribution in [1.29, 1.82) is 0 Å². The third-order valence-corrected chi connectivity index (χ3v) is 5.26. The van der Waals surface area contributed by atoms with E-state index in [1.165, 1.54) is 11.3 Å². The van der Waals surface area contributed by atoms with Gasteiger partial charge in [0.2, 0.25) is 0 Å². The van der Waals surface area contributed by atoms with Crippen molar-refractivity contribution in [1.82, 2.24) is 15.6 Å². The minimum absolute atomic E-state index is 0. The lowest BCUT2D eigenvalue weighted by Crippen LogP contribution is -2.48. The molecule has 6 nitrogen and oxygen atoms in total. The van der Waals surface area contributed by atoms with Crippen LogP contribution in [0.2, 0.25) is 0 Å². The Kier molecular flexibility index (Phi) is 8.62. The fraction of sp³-hybridized carbons (Fsp3) is 0.412. The summed E-state index contributed by atoms with van der Waals surface area (Å²) in [6.45, 7) is 4.51. The van der Waals surface area contributed by atoms with Crippen molar-refractivity contribution < 1.29 is 14.3 Å². The van der Waals surface area contributed by atoms with Crippen LogP contribution in [0.3, 0.4) is 0 Å². The second-order valence-corrected chi connectivity index (χ2v) is 6.74. The predicted molar refractivity (Wildman–Crippen MR) is 109 cm³/mol. The lowest BCUT2D eigenvalue weighted by molar-refractivity contribution is 0.0945. The maximum atomic E-state index is 12.4. The molecule has 0 atom stereocenters. The molecule has 0 aliphatic carbocycles. The molecule has 1 saturated heterocycles. The Morgan fingerprint density at radius 2 is 1.96 bits per heavy atom. The van der Waals surface area contributed by atoms with E-state index < -0.39 is 0 Å². The topological polar surface area (TPSA) is 72.5 Å². The highest BCUT2D eigenvalue weighted by Gasteiger charge is 2.20. The summed E-state index contributed by atoms with van der Waals surface area (Å²) in [7, 11) is 3.20. The fourth-order valence-electron chi connectivity index (χ4n) is 2.51. The van der Waals surface area contributed by atoms with Gasteiger partial charge in [-0.25, -0.2) is 4.98 Å². The molecule has 1 aliphatic heterocycles. The molecule has 0 unspecified atom stereocenters. The summed E-state index contributed by atoms with van der Waals surface area (Å²) < 4.78 is 10.6. The zero-order chi connectivity index (χ0) is 17.1. The number of nitrogens with zero attached hydrogens (tertiary/aromatic N) is 1. The van der Waals surface area contributed by atoms with E-state index in [9.17, 15) is 4.79 Å². The Morgan fingerprint density at radius 1 is 1.27 bits per heavy atom. The van der Waals surface area contributed by atoms with Crippen LogP contribution in [0.15, 0.2) is 18.2 Å². The number of methoxy groups -OCH3 is 2. The first kappa shape index (κ1) is 22.5. The maximum absolute atomic E-state index is 12.4. The molecule has 1 aliphatic rings. The summed E-state index contributed by atoms with van der Waals surface area (Å²) in [5, 5.41) is 6.99. The third kappa shape index (κ3) is 4.79. The number of thiazole rings is 1. The number of ether oxygens (including phenoxy) is 2. The zero-order valence-electron chi connectivity index (χ0n) is 14.8. The average Bonchev–Trinajstić information content (AvgIpc) is 2.94. The van der Waals surface area contributed by atoms with E-state index in [-0.39, 0.29) is 30.7 Å². The number of amides is 1. The van der Waals surface area contributed by atoms with E-state index in [4.69, 9.17) is 9.47 Å². The van der Waals surface area contributed by atoms with Crippen molar-refractivity contribution in [2.45, 2.75) is 6.92 Å². The molecule has 144 valence electrons. The molecule has 1 aromatic carbocycles. The molecular weight excluding hydrogens is 397 g/mol. The van der Waals surface area contributed by atoms with E-state index in [2.05, 4.69) is 15.6 Å². The number of benzene rings is 1. The van der Waals surface area contributed by atoms with Crippen molar-refractivity contribution in [2.24, 2.45) is 5.92 Å². The monoisotopic (exact) mass is 419 g/mol. The first-order valence-corrected chi connectivity index (χ1v) is 8.62. The molecule has 1 amide bonds. The first-order valence-electron chi connectivity index (χ1n) is 7.81. The van der Waals surface area contributed by atoms with Gasteiger partial charge in [-0.3, -0.25) is 4.79 Å². The number of hydrogen-bond donors (Lipinski definition) is 2. The summed E-state index contributed by atoms with van der Waals surface area (Å²) in [6.07, 6.45) is 0. The maximum Gasteiger partial charge on any atom is 0.263 e. The van der Waals surface area contributed by atoms with E-state index in [0.29, 0.717) is 28.8 Å². The number of aromatic nitrogens is 1. The molecule has 3 rings (SSSR count). The van der Waals surface area contributed by atoms with Gasteiger partial charge in [-0.15, -0.1) is 36.2 Å². The van der Waals surface area contributed by atoms with Crippen molar-refractivity contribution in [2.75, 3.05) is 33.9 Å². The molecule has 0 bridgehead atoms. The highest BCUT2D eigenvalue weighted by atomic mass is 35.5. The molecule has 2 heterocycles. The van der Waals surface area contributed by atoms with Crippen LogP contribution < -0.4 is 20.1 Å². The van der Waals surface area contributed by atoms with E-state index in [1.807, 2.05) is 25.1 Å². The summed E-state index contributed by atoms with van der Waals surface area (Å²) in [4.78, 5) is 17.6. The van der Waals surface area contributed by atoms with E-state index >= 15 is 0 Å². The molecule has 1 fully saturated rings. The van der Waals surface area contributed by atoms with Gasteiger partial charge in [0, 0.05) is 31.1 Å². The van der Waals surface area contributed by atoms with Gasteiger partial charge < -0.3 is 20.1 Å². The molecule has 26 heavy (non-hydrogen) atoms. The third-order valence-electron chi connectivity index (χ3n) is 4.05. The number of carbonyl (C=O) groups is 1. The molecule has 1 aromatic heterocycles. The van der Waals surface area contributed by atoms with Gasteiger partial charge in [0.1, 0.15) is 9.88 Å². The Morgan fingerprint density at radius 3 is 2.54 bits per heavy atom. The molecule has 9 heteroatoms. The van der Waals surface area contributed by atoms with Crippen LogP contribution in [-0.4, -0.2) is 44.7 Å². The van der Waals surface area contributed by atoms with Gasteiger partial charge >= 0.3 is 0 Å². The van der Waals surface area contributed by atoms with Crippen LogP contribution in [0.4, 0.5) is 0 Å². The minimum Gasteiger partial charge on any atom is -0.493 e. The number of halogens is 2. The van der Waals surface area contributed by atoms with E-state index in [0.717, 1.165) is 29.4 Å². The van der Waals surface area contributed by atoms with Gasteiger partial charge in [0.05, 0.1) is 19.9 Å². The van der Waals surface area contributed by atoms with Crippen molar-refractivity contribution in [3.63, 3.8) is 0 Å². The van der Waals surface area contributed by atoms with Crippen molar-refractivity contribution in [3.05, 3.63) is 28.8 Å². The van der Waals surface area contributed by atoms with Gasteiger partial charge in [-0.05, 0) is 25.1 Å². The number of carbonyl (C=O) groups excluding carboxylic acids is 1. The van der Waals surface area contributed by atoms with Crippen LogP contribution in [0.5, 0.6) is 11.5 Å². The van der Waals surface area contributed by atoms with Gasteiger partial charge in [-0.1, -0.05) is 0 Å². The summed E-state index contributed by atoms with van der Waals surface area (Å²) in [6, 6.07) is 5.63. The molecule has 0 saturated carbocycles. The smallest absolute Gasteiger partial charge is 0.263 e. The lowest BCUT2D eigenvalue weighted by atomic mass is 10.0. The van der Waals surface area contributed by atoms with Gasteiger partial charge in [0.25, 0.3) is 5.91 Å². The SMILES string of the molecule is COc1ccc(-c2nc(C)c(C(=O)NCC3CNC3)s2)cc1OC.Cl.Cl. The van der Waals surface area contributed by atoms with E-state index in [1.54, 1.807) is 14.2 Å². The molecule has 0 spiro atoms. The van der Waals surface area contributed by atoms with Gasteiger partial charge in [0.15, 0.2) is 11.5 Å². The highest BCUT2D eigenvalue weighted by Crippen LogP contribution is 2.34. The van der Waals surface area contributed by atoms with Crippen LogP contribution >= 0.6 is 36.2 Å². The minimum atomic E-state index is -0.0522. The van der Waals surface area contributed by atoms with Gasteiger partial charge in [-0.2, -0.15) is 0 Å². The Labute approximate surface area is 169 Å². The summed E-state index contributed by atoms with van der Waals surface area (Å²) in [5.74, 6) is 1.80. The summed E-state index contributed by atoms with van der Waals surface area (Å²) >= 11 is 1.40. The van der Waals surface area contributed by atoms with Crippen LogP contribution in [0.1, 0.15) is 15.4 Å². The standard InChI is InChI=1S/C17H21N3O3S.2ClH/c1-10-15(16(21)19-9-11-7-18-8-11)24-17(20-10)12-4-5-13(22-2)14(6-12)23-3;;/h4-6,11,18H,7-9H2,1-3H3,(H,19,21);2*1H. The second kappa shape index (κ2) is 9.97. The Balaban J connectivity index is 0.00000169. The lowest BCUT2D eigenvalue weighted by Gasteiger charge is -2.26. The van der Waals surface area contributed by atoms with Crippen LogP contribution in [0.25, 0.3) is 10.6 Å². The largest absolute Gasteiger partial charge is 0.493 e. The number of hydrogen-bond acceptors (Lipinski definition) is 6. The normalized spacial score (nSPS) is 13.0. The fourth-order valence-corrected chi connectivity index (χ4v) is 3.49. The number of nitrogens with one attached hydrogen (secondary N) is 2. The highest BCUT2D eigenvalue weighted by molar-refractivity contribution is 7.17. The quantitative estimate of drug-likeness (QED) is 0.752. The molecule has 2 N–H and O–H groups in total. The average molecular weight is 420 g/mol. The summed E-state index contributed by atoms with van der Waals surface area (Å²) in [5.41, 5.74) is 1.65.